The van der Waals surface area contributed by atoms with Crippen LogP contribution in [0.3, 0.4) is 0 Å². The van der Waals surface area contributed by atoms with Gasteiger partial charge in [-0.2, -0.15) is 15.0 Å². The number of pyridine rings is 1. The van der Waals surface area contributed by atoms with Crippen LogP contribution >= 0.6 is 0 Å². The van der Waals surface area contributed by atoms with Crippen molar-refractivity contribution in [3.8, 4) is 0 Å². The first-order chi connectivity index (χ1) is 10.6. The quantitative estimate of drug-likeness (QED) is 0.817. The average molecular weight is 304 g/mol. The van der Waals surface area contributed by atoms with Crippen molar-refractivity contribution >= 4 is 11.9 Å². The summed E-state index contributed by atoms with van der Waals surface area (Å²) in [5.41, 5.74) is 6.64. The van der Waals surface area contributed by atoms with Crippen molar-refractivity contribution in [2.45, 2.75) is 45.3 Å². The fraction of sp³-hybridized carbons (Fsp3) is 0.467. The van der Waals surface area contributed by atoms with Gasteiger partial charge in [0, 0.05) is 17.9 Å². The second-order valence-corrected chi connectivity index (χ2v) is 5.10. The predicted molar refractivity (Wildman–Crippen MR) is 84.0 cm³/mol. The Morgan fingerprint density at radius 1 is 1.27 bits per heavy atom. The third-order valence-corrected chi connectivity index (χ3v) is 3.33. The fourth-order valence-corrected chi connectivity index (χ4v) is 2.08. The number of aryl methyl sites for hydroxylation is 1. The highest BCUT2D eigenvalue weighted by molar-refractivity contribution is 5.32. The van der Waals surface area contributed by atoms with Gasteiger partial charge in [0.1, 0.15) is 0 Å². The van der Waals surface area contributed by atoms with Crippen molar-refractivity contribution in [2.24, 2.45) is 0 Å². The van der Waals surface area contributed by atoms with E-state index in [1.54, 1.807) is 6.20 Å². The minimum atomic E-state index is -1.28. The van der Waals surface area contributed by atoms with Crippen molar-refractivity contribution in [3.05, 3.63) is 35.9 Å². The molecule has 7 heteroatoms. The number of nitrogens with two attached hydrogens (primary N) is 1. The molecule has 0 aliphatic carbocycles. The molecular weight excluding hydrogens is 283 g/mol. The van der Waals surface area contributed by atoms with E-state index in [1.165, 1.54) is 6.92 Å². The van der Waals surface area contributed by atoms with E-state index < -0.39 is 6.17 Å². The van der Waals surface area contributed by atoms with Gasteiger partial charge in [-0.3, -0.25) is 4.98 Å². The molecule has 3 N–H and O–H groups in total. The van der Waals surface area contributed by atoms with Crippen LogP contribution in [0.2, 0.25) is 0 Å². The first-order valence-electron chi connectivity index (χ1n) is 7.40. The van der Waals surface area contributed by atoms with Gasteiger partial charge in [0.15, 0.2) is 12.0 Å². The summed E-state index contributed by atoms with van der Waals surface area (Å²) in [4.78, 5) is 16.2. The van der Waals surface area contributed by atoms with Gasteiger partial charge in [-0.25, -0.2) is 4.39 Å². The van der Waals surface area contributed by atoms with Crippen LogP contribution in [0.4, 0.5) is 16.3 Å². The molecule has 0 radical (unpaired) electrons. The Morgan fingerprint density at radius 3 is 2.73 bits per heavy atom. The topological polar surface area (TPSA) is 89.6 Å². The molecule has 0 fully saturated rings. The van der Waals surface area contributed by atoms with Crippen LogP contribution in [0.15, 0.2) is 24.4 Å². The number of rotatable bonds is 7. The Bertz CT molecular complexity index is 590. The lowest BCUT2D eigenvalue weighted by Gasteiger charge is -2.17. The van der Waals surface area contributed by atoms with Crippen molar-refractivity contribution in [2.75, 3.05) is 11.1 Å². The molecule has 0 aromatic carbocycles. The van der Waals surface area contributed by atoms with Gasteiger partial charge in [-0.05, 0) is 38.3 Å². The molecule has 2 aromatic heterocycles. The van der Waals surface area contributed by atoms with E-state index in [0.29, 0.717) is 5.95 Å². The molecule has 0 saturated heterocycles. The van der Waals surface area contributed by atoms with Gasteiger partial charge < -0.3 is 11.1 Å². The largest absolute Gasteiger partial charge is 0.368 e. The maximum Gasteiger partial charge on any atom is 0.228 e. The number of nitrogens with one attached hydrogen (secondary N) is 1. The van der Waals surface area contributed by atoms with E-state index in [9.17, 15) is 4.39 Å². The van der Waals surface area contributed by atoms with E-state index in [-0.39, 0.29) is 17.8 Å². The lowest BCUT2D eigenvalue weighted by atomic mass is 10.1. The minimum absolute atomic E-state index is 0.0246. The first-order valence-corrected chi connectivity index (χ1v) is 7.40. The SMILES string of the molecule is CCC(CCc1ccccn1)Nc1nc(N)nc(C(C)F)n1. The minimum Gasteiger partial charge on any atom is -0.368 e. The summed E-state index contributed by atoms with van der Waals surface area (Å²) in [6, 6.07) is 6.02. The number of nitrogen functional groups attached to an aromatic ring is 1. The van der Waals surface area contributed by atoms with Crippen molar-refractivity contribution in [1.29, 1.82) is 0 Å². The monoisotopic (exact) mass is 304 g/mol. The van der Waals surface area contributed by atoms with Crippen LogP contribution in [-0.4, -0.2) is 26.0 Å². The summed E-state index contributed by atoms with van der Waals surface area (Å²) in [5.74, 6) is 0.394. The van der Waals surface area contributed by atoms with Crippen LogP contribution in [0, 0.1) is 0 Å². The van der Waals surface area contributed by atoms with E-state index >= 15 is 0 Å². The second kappa shape index (κ2) is 7.63. The fourth-order valence-electron chi connectivity index (χ4n) is 2.08. The predicted octanol–water partition coefficient (Wildman–Crippen LogP) is 2.70. The zero-order valence-corrected chi connectivity index (χ0v) is 12.8. The molecular formula is C15H21FN6. The molecule has 0 bridgehead atoms. The number of nitrogens with zero attached hydrogens (tertiary/aromatic N) is 4. The van der Waals surface area contributed by atoms with Crippen LogP contribution in [0.25, 0.3) is 0 Å². The molecule has 2 unspecified atom stereocenters. The highest BCUT2D eigenvalue weighted by Gasteiger charge is 2.13. The van der Waals surface area contributed by atoms with Crippen molar-refractivity contribution in [1.82, 2.24) is 19.9 Å². The Kier molecular flexibility index (Phi) is 5.57. The number of alkyl halides is 1. The highest BCUT2D eigenvalue weighted by Crippen LogP contribution is 2.16. The zero-order valence-electron chi connectivity index (χ0n) is 12.8. The van der Waals surface area contributed by atoms with Crippen molar-refractivity contribution < 1.29 is 4.39 Å². The molecule has 2 aromatic rings. The van der Waals surface area contributed by atoms with Gasteiger partial charge in [-0.1, -0.05) is 13.0 Å². The Balaban J connectivity index is 2.00. The smallest absolute Gasteiger partial charge is 0.228 e. The molecule has 6 nitrogen and oxygen atoms in total. The van der Waals surface area contributed by atoms with Gasteiger partial charge in [0.25, 0.3) is 0 Å². The molecule has 2 atom stereocenters. The normalized spacial score (nSPS) is 13.6. The zero-order chi connectivity index (χ0) is 15.9. The maximum atomic E-state index is 13.3. The number of hydrogen-bond acceptors (Lipinski definition) is 6. The van der Waals surface area contributed by atoms with Gasteiger partial charge in [-0.15, -0.1) is 0 Å². The lowest BCUT2D eigenvalue weighted by molar-refractivity contribution is 0.356. The van der Waals surface area contributed by atoms with E-state index in [0.717, 1.165) is 25.0 Å². The summed E-state index contributed by atoms with van der Waals surface area (Å²) < 4.78 is 13.3. The number of aromatic nitrogens is 4. The van der Waals surface area contributed by atoms with Gasteiger partial charge in [0.2, 0.25) is 11.9 Å². The Labute approximate surface area is 129 Å². The molecule has 0 saturated carbocycles. The van der Waals surface area contributed by atoms with Crippen molar-refractivity contribution in [3.63, 3.8) is 0 Å². The molecule has 0 spiro atoms. The molecule has 2 rings (SSSR count). The van der Waals surface area contributed by atoms with Crippen LogP contribution in [0.1, 0.15) is 44.4 Å². The summed E-state index contributed by atoms with van der Waals surface area (Å²) in [6.45, 7) is 3.44. The first kappa shape index (κ1) is 16.1. The van der Waals surface area contributed by atoms with E-state index in [1.807, 2.05) is 18.2 Å². The van der Waals surface area contributed by atoms with E-state index in [2.05, 4.69) is 32.2 Å². The van der Waals surface area contributed by atoms with Gasteiger partial charge >= 0.3 is 0 Å². The van der Waals surface area contributed by atoms with Crippen LogP contribution in [-0.2, 0) is 6.42 Å². The molecule has 2 heterocycles. The average Bonchev–Trinajstić information content (AvgIpc) is 2.51. The van der Waals surface area contributed by atoms with E-state index in [4.69, 9.17) is 5.73 Å². The summed E-state index contributed by atoms with van der Waals surface area (Å²) in [7, 11) is 0. The molecule has 0 aliphatic heterocycles. The maximum absolute atomic E-state index is 13.3. The third kappa shape index (κ3) is 4.61. The number of anilines is 2. The highest BCUT2D eigenvalue weighted by atomic mass is 19.1. The second-order valence-electron chi connectivity index (χ2n) is 5.10. The Hall–Kier alpha value is -2.31. The lowest BCUT2D eigenvalue weighted by Crippen LogP contribution is -2.22. The number of halogens is 1. The summed E-state index contributed by atoms with van der Waals surface area (Å²) in [6.07, 6.45) is 3.11. The molecule has 0 aliphatic rings. The molecule has 22 heavy (non-hydrogen) atoms. The standard InChI is InChI=1S/C15H21FN6/c1-3-11(7-8-12-6-4-5-9-18-12)19-15-21-13(10(2)16)20-14(17)22-15/h4-6,9-11H,3,7-8H2,1-2H3,(H3,17,19,20,21,22). The van der Waals surface area contributed by atoms with Gasteiger partial charge in [0.05, 0.1) is 0 Å². The molecule has 0 amide bonds. The molecule has 118 valence electrons. The number of hydrogen-bond donors (Lipinski definition) is 2. The van der Waals surface area contributed by atoms with Crippen LogP contribution < -0.4 is 11.1 Å². The summed E-state index contributed by atoms with van der Waals surface area (Å²) in [5, 5.41) is 3.20. The summed E-state index contributed by atoms with van der Waals surface area (Å²) >= 11 is 0. The Morgan fingerprint density at radius 2 is 2.09 bits per heavy atom. The van der Waals surface area contributed by atoms with Crippen LogP contribution in [0.5, 0.6) is 0 Å². The third-order valence-electron chi connectivity index (χ3n) is 3.33.